The van der Waals surface area contributed by atoms with Gasteiger partial charge in [0.05, 0.1) is 5.75 Å². The lowest BCUT2D eigenvalue weighted by Gasteiger charge is -2.17. The Balaban J connectivity index is 1.28. The predicted molar refractivity (Wildman–Crippen MR) is 162 cm³/mol. The molecule has 200 valence electrons. The lowest BCUT2D eigenvalue weighted by Crippen LogP contribution is -2.30. The van der Waals surface area contributed by atoms with Crippen LogP contribution in [0.2, 0.25) is 5.02 Å². The molecule has 0 unspecified atom stereocenters. The highest BCUT2D eigenvalue weighted by Gasteiger charge is 2.24. The second kappa shape index (κ2) is 12.7. The summed E-state index contributed by atoms with van der Waals surface area (Å²) in [7, 11) is 0. The maximum Gasteiger partial charge on any atom is 0.272 e. The van der Waals surface area contributed by atoms with Crippen LogP contribution in [0.4, 0.5) is 11.4 Å². The molecule has 1 aliphatic rings. The minimum absolute atomic E-state index is 0.0428. The fourth-order valence-corrected chi connectivity index (χ4v) is 5.31. The third kappa shape index (κ3) is 6.81. The number of nitrogens with zero attached hydrogens (tertiary/aromatic N) is 1. The van der Waals surface area contributed by atoms with Crippen LogP contribution in [-0.4, -0.2) is 30.0 Å². The summed E-state index contributed by atoms with van der Waals surface area (Å²) >= 11 is 7.42. The molecule has 40 heavy (non-hydrogen) atoms. The van der Waals surface area contributed by atoms with Gasteiger partial charge in [-0.25, -0.2) is 0 Å². The Kier molecular flexibility index (Phi) is 8.64. The zero-order valence-corrected chi connectivity index (χ0v) is 23.0. The average molecular weight is 568 g/mol. The summed E-state index contributed by atoms with van der Waals surface area (Å²) in [6.07, 6.45) is 2.46. The number of para-hydroxylation sites is 1. The van der Waals surface area contributed by atoms with Crippen molar-refractivity contribution in [3.8, 4) is 0 Å². The Morgan fingerprint density at radius 1 is 0.875 bits per heavy atom. The molecular formula is C32H26ClN3O3S. The van der Waals surface area contributed by atoms with Crippen molar-refractivity contribution in [1.29, 1.82) is 0 Å². The van der Waals surface area contributed by atoms with E-state index in [0.717, 1.165) is 17.0 Å². The molecule has 0 aliphatic carbocycles. The van der Waals surface area contributed by atoms with Gasteiger partial charge < -0.3 is 15.5 Å². The number of carbonyl (C=O) groups is 3. The van der Waals surface area contributed by atoms with E-state index < -0.39 is 11.8 Å². The van der Waals surface area contributed by atoms with E-state index in [1.54, 1.807) is 60.7 Å². The minimum Gasteiger partial charge on any atom is -0.321 e. The molecule has 0 fully saturated rings. The number of amides is 3. The summed E-state index contributed by atoms with van der Waals surface area (Å²) in [6, 6.07) is 30.9. The van der Waals surface area contributed by atoms with Gasteiger partial charge >= 0.3 is 0 Å². The van der Waals surface area contributed by atoms with Crippen molar-refractivity contribution in [1.82, 2.24) is 5.32 Å². The van der Waals surface area contributed by atoms with E-state index in [2.05, 4.69) is 16.7 Å². The molecule has 3 amide bonds. The van der Waals surface area contributed by atoms with Gasteiger partial charge in [-0.15, -0.1) is 11.8 Å². The van der Waals surface area contributed by atoms with Crippen molar-refractivity contribution in [2.75, 3.05) is 22.5 Å². The maximum absolute atomic E-state index is 13.3. The number of hydrogen-bond donors (Lipinski definition) is 2. The first-order valence-corrected chi connectivity index (χ1v) is 14.1. The van der Waals surface area contributed by atoms with Crippen molar-refractivity contribution in [3.05, 3.63) is 131 Å². The van der Waals surface area contributed by atoms with Crippen LogP contribution in [0, 0.1) is 0 Å². The van der Waals surface area contributed by atoms with Crippen molar-refractivity contribution < 1.29 is 14.4 Å². The van der Waals surface area contributed by atoms with E-state index in [1.165, 1.54) is 17.3 Å². The van der Waals surface area contributed by atoms with Crippen LogP contribution in [-0.2, 0) is 16.0 Å². The number of nitrogens with one attached hydrogen (secondary N) is 2. The molecule has 8 heteroatoms. The Morgan fingerprint density at radius 3 is 2.42 bits per heavy atom. The second-order valence-electron chi connectivity index (χ2n) is 9.12. The van der Waals surface area contributed by atoms with E-state index in [0.29, 0.717) is 28.4 Å². The van der Waals surface area contributed by atoms with E-state index in [-0.39, 0.29) is 17.4 Å². The molecule has 0 spiro atoms. The van der Waals surface area contributed by atoms with Crippen LogP contribution in [0.5, 0.6) is 0 Å². The smallest absolute Gasteiger partial charge is 0.272 e. The lowest BCUT2D eigenvalue weighted by atomic mass is 10.1. The highest BCUT2D eigenvalue weighted by Crippen LogP contribution is 2.29. The molecule has 4 aromatic rings. The third-order valence-corrected chi connectivity index (χ3v) is 7.58. The molecule has 1 heterocycles. The van der Waals surface area contributed by atoms with Crippen molar-refractivity contribution in [2.45, 2.75) is 11.3 Å². The first kappa shape index (κ1) is 27.2. The molecule has 0 atom stereocenters. The van der Waals surface area contributed by atoms with Gasteiger partial charge in [-0.05, 0) is 72.2 Å². The highest BCUT2D eigenvalue weighted by atomic mass is 35.5. The zero-order valence-electron chi connectivity index (χ0n) is 21.5. The van der Waals surface area contributed by atoms with Gasteiger partial charge in [0.2, 0.25) is 5.91 Å². The van der Waals surface area contributed by atoms with E-state index in [4.69, 9.17) is 11.6 Å². The molecule has 2 N–H and O–H groups in total. The molecule has 0 saturated heterocycles. The maximum atomic E-state index is 13.3. The number of anilines is 2. The standard InChI is InChI=1S/C32H26ClN3O3S/c33-25-15-13-22(14-16-25)19-28(35-31(38)24-8-2-1-3-9-24)32(39)34-26-10-6-11-27(20-26)40-21-30(37)36-18-17-23-7-4-5-12-29(23)36/h1-16,19-20H,17-18,21H2,(H,34,39)(H,35,38)/b28-19-. The van der Waals surface area contributed by atoms with Crippen LogP contribution < -0.4 is 15.5 Å². The van der Waals surface area contributed by atoms with Crippen molar-refractivity contribution in [3.63, 3.8) is 0 Å². The van der Waals surface area contributed by atoms with Crippen LogP contribution in [0.1, 0.15) is 21.5 Å². The zero-order chi connectivity index (χ0) is 27.9. The summed E-state index contributed by atoms with van der Waals surface area (Å²) in [5, 5.41) is 6.17. The predicted octanol–water partition coefficient (Wildman–Crippen LogP) is 6.43. The van der Waals surface area contributed by atoms with Crippen molar-refractivity contribution >= 4 is 58.5 Å². The third-order valence-electron chi connectivity index (χ3n) is 6.35. The topological polar surface area (TPSA) is 78.5 Å². The minimum atomic E-state index is -0.480. The molecule has 0 bridgehead atoms. The van der Waals surface area contributed by atoms with E-state index in [1.807, 2.05) is 47.4 Å². The number of thioether (sulfide) groups is 1. The number of rotatable bonds is 8. The first-order valence-electron chi connectivity index (χ1n) is 12.7. The van der Waals surface area contributed by atoms with Gasteiger partial charge in [-0.3, -0.25) is 14.4 Å². The van der Waals surface area contributed by atoms with Gasteiger partial charge in [0, 0.05) is 33.4 Å². The first-order chi connectivity index (χ1) is 19.5. The summed E-state index contributed by atoms with van der Waals surface area (Å²) in [5.41, 5.74) is 3.93. The van der Waals surface area contributed by atoms with Gasteiger partial charge in [-0.1, -0.05) is 66.2 Å². The fraction of sp³-hybridized carbons (Fsp3) is 0.0938. The van der Waals surface area contributed by atoms with Crippen molar-refractivity contribution in [2.24, 2.45) is 0 Å². The van der Waals surface area contributed by atoms with E-state index in [9.17, 15) is 14.4 Å². The summed E-state index contributed by atoms with van der Waals surface area (Å²) in [6.45, 7) is 0.687. The second-order valence-corrected chi connectivity index (χ2v) is 10.6. The summed E-state index contributed by atoms with van der Waals surface area (Å²) in [4.78, 5) is 41.8. The van der Waals surface area contributed by atoms with E-state index >= 15 is 0 Å². The fourth-order valence-electron chi connectivity index (χ4n) is 4.35. The van der Waals surface area contributed by atoms with Crippen LogP contribution in [0.3, 0.4) is 0 Å². The number of hydrogen-bond acceptors (Lipinski definition) is 4. The quantitative estimate of drug-likeness (QED) is 0.190. The van der Waals surface area contributed by atoms with Crippen LogP contribution in [0.25, 0.3) is 6.08 Å². The molecule has 6 nitrogen and oxygen atoms in total. The van der Waals surface area contributed by atoms with Crippen LogP contribution >= 0.6 is 23.4 Å². The molecule has 5 rings (SSSR count). The number of fused-ring (bicyclic) bond motifs is 1. The molecule has 1 aliphatic heterocycles. The SMILES string of the molecule is O=C(Nc1cccc(SCC(=O)N2CCc3ccccc32)c1)/C(=C/c1ccc(Cl)cc1)NC(=O)c1ccccc1. The molecular weight excluding hydrogens is 542 g/mol. The number of carbonyl (C=O) groups excluding carboxylic acids is 3. The highest BCUT2D eigenvalue weighted by molar-refractivity contribution is 8.00. The van der Waals surface area contributed by atoms with Gasteiger partial charge in [0.25, 0.3) is 11.8 Å². The van der Waals surface area contributed by atoms with Gasteiger partial charge in [0.1, 0.15) is 5.70 Å². The molecule has 0 saturated carbocycles. The normalized spacial score (nSPS) is 12.5. The monoisotopic (exact) mass is 567 g/mol. The Bertz CT molecular complexity index is 1570. The Morgan fingerprint density at radius 2 is 1.62 bits per heavy atom. The van der Waals surface area contributed by atoms with Crippen LogP contribution in [0.15, 0.2) is 114 Å². The Hall–Kier alpha value is -4.33. The molecule has 4 aromatic carbocycles. The summed E-state index contributed by atoms with van der Waals surface area (Å²) in [5.74, 6) is -0.560. The Labute approximate surface area is 242 Å². The number of halogens is 1. The number of benzene rings is 4. The molecule has 0 radical (unpaired) electrons. The lowest BCUT2D eigenvalue weighted by molar-refractivity contribution is -0.116. The molecule has 0 aromatic heterocycles. The average Bonchev–Trinajstić information content (AvgIpc) is 3.42. The van der Waals surface area contributed by atoms with Gasteiger partial charge in [0.15, 0.2) is 0 Å². The van der Waals surface area contributed by atoms with Gasteiger partial charge in [-0.2, -0.15) is 0 Å². The largest absolute Gasteiger partial charge is 0.321 e. The summed E-state index contributed by atoms with van der Waals surface area (Å²) < 4.78 is 0.